The van der Waals surface area contributed by atoms with E-state index in [9.17, 15) is 0 Å². The van der Waals surface area contributed by atoms with Gasteiger partial charge in [0.1, 0.15) is 5.76 Å². The summed E-state index contributed by atoms with van der Waals surface area (Å²) in [4.78, 5) is 0. The quantitative estimate of drug-likeness (QED) is 0.544. The first-order valence-corrected chi connectivity index (χ1v) is 3.52. The summed E-state index contributed by atoms with van der Waals surface area (Å²) in [5.41, 5.74) is 5.87. The van der Waals surface area contributed by atoms with Crippen LogP contribution in [-0.2, 0) is 0 Å². The van der Waals surface area contributed by atoms with Crippen LogP contribution in [0.15, 0.2) is 35.0 Å². The van der Waals surface area contributed by atoms with Crippen LogP contribution in [0.1, 0.15) is 0 Å². The van der Waals surface area contributed by atoms with Crippen molar-refractivity contribution in [2.45, 2.75) is 0 Å². The fourth-order valence-electron chi connectivity index (χ4n) is 0.476. The zero-order valence-electron chi connectivity index (χ0n) is 5.60. The van der Waals surface area contributed by atoms with E-state index in [0.29, 0.717) is 10.1 Å². The van der Waals surface area contributed by atoms with Gasteiger partial charge in [-0.05, 0) is 0 Å². The molecule has 0 bridgehead atoms. The molecule has 0 saturated heterocycles. The predicted molar refractivity (Wildman–Crippen MR) is 47.0 cm³/mol. The molecule has 0 spiro atoms. The first kappa shape index (κ1) is 9.46. The second kappa shape index (κ2) is 4.30. The molecule has 0 aromatic rings. The largest absolute Gasteiger partial charge is 0.508 e. The molecule has 10 heavy (non-hydrogen) atoms. The van der Waals surface area contributed by atoms with Crippen LogP contribution in [0, 0.1) is 0 Å². The van der Waals surface area contributed by atoms with Crippen LogP contribution in [0.25, 0.3) is 0 Å². The Morgan fingerprint density at radius 2 is 2.20 bits per heavy atom. The number of hydrogen-bond donors (Lipinski definition) is 2. The van der Waals surface area contributed by atoms with Gasteiger partial charge in [-0.3, -0.25) is 0 Å². The third-order valence-electron chi connectivity index (χ3n) is 1.02. The summed E-state index contributed by atoms with van der Waals surface area (Å²) in [7, 11) is 0. The zero-order chi connectivity index (χ0) is 8.15. The van der Waals surface area contributed by atoms with Gasteiger partial charge in [0.15, 0.2) is 0 Å². The molecule has 3 N–H and O–H groups in total. The normalized spacial score (nSPS) is 12.2. The van der Waals surface area contributed by atoms with Gasteiger partial charge in [0.25, 0.3) is 0 Å². The Balaban J connectivity index is 4.62. The molecule has 0 amide bonds. The van der Waals surface area contributed by atoms with Crippen molar-refractivity contribution in [3.8, 4) is 0 Å². The number of allylic oxidation sites excluding steroid dienone is 2. The van der Waals surface area contributed by atoms with Gasteiger partial charge in [-0.1, -0.05) is 35.2 Å². The zero-order valence-corrected chi connectivity index (χ0v) is 7.19. The van der Waals surface area contributed by atoms with Crippen LogP contribution < -0.4 is 5.73 Å². The molecule has 0 aliphatic heterocycles. The van der Waals surface area contributed by atoms with E-state index in [2.05, 4.69) is 29.1 Å². The molecular weight excluding hydrogens is 194 g/mol. The topological polar surface area (TPSA) is 46.2 Å². The van der Waals surface area contributed by atoms with Gasteiger partial charge in [0, 0.05) is 16.6 Å². The summed E-state index contributed by atoms with van der Waals surface area (Å²) in [6.45, 7) is 7.09. The minimum atomic E-state index is -0.0192. The molecule has 0 aromatic carbocycles. The van der Waals surface area contributed by atoms with Gasteiger partial charge in [-0.2, -0.15) is 0 Å². The Labute approximate surface area is 68.9 Å². The molecule has 0 aliphatic carbocycles. The maximum atomic E-state index is 8.90. The lowest BCUT2D eigenvalue weighted by Gasteiger charge is -2.02. The van der Waals surface area contributed by atoms with Crippen molar-refractivity contribution in [2.75, 3.05) is 6.54 Å². The predicted octanol–water partition coefficient (Wildman–Crippen LogP) is 1.85. The van der Waals surface area contributed by atoms with Crippen molar-refractivity contribution in [1.29, 1.82) is 0 Å². The van der Waals surface area contributed by atoms with Crippen LogP contribution in [0.3, 0.4) is 0 Å². The molecule has 0 rings (SSSR count). The van der Waals surface area contributed by atoms with Crippen molar-refractivity contribution in [3.63, 3.8) is 0 Å². The first-order chi connectivity index (χ1) is 4.63. The van der Waals surface area contributed by atoms with Crippen LogP contribution in [0.5, 0.6) is 0 Å². The lowest BCUT2D eigenvalue weighted by Crippen LogP contribution is -2.05. The van der Waals surface area contributed by atoms with Crippen molar-refractivity contribution in [1.82, 2.24) is 0 Å². The minimum absolute atomic E-state index is 0.0192. The molecule has 3 heteroatoms. The molecule has 56 valence electrons. The molecule has 0 unspecified atom stereocenters. The van der Waals surface area contributed by atoms with Crippen LogP contribution in [0.4, 0.5) is 0 Å². The lowest BCUT2D eigenvalue weighted by molar-refractivity contribution is 0.424. The van der Waals surface area contributed by atoms with Crippen molar-refractivity contribution in [2.24, 2.45) is 5.73 Å². The molecule has 2 nitrogen and oxygen atoms in total. The highest BCUT2D eigenvalue weighted by Gasteiger charge is 2.01. The fraction of sp³-hybridized carbons (Fsp3) is 0.143. The summed E-state index contributed by atoms with van der Waals surface area (Å²) in [6.07, 6.45) is 1.56. The van der Waals surface area contributed by atoms with Gasteiger partial charge >= 0.3 is 0 Å². The highest BCUT2D eigenvalue weighted by molar-refractivity contribution is 9.11. The maximum Gasteiger partial charge on any atom is 0.114 e. The van der Waals surface area contributed by atoms with Crippen molar-refractivity contribution < 1.29 is 5.11 Å². The van der Waals surface area contributed by atoms with E-state index in [-0.39, 0.29) is 12.3 Å². The Kier molecular flexibility index (Phi) is 4.07. The minimum Gasteiger partial charge on any atom is -0.508 e. The molecular formula is C7H10BrNO. The number of halogens is 1. The molecule has 0 aliphatic rings. The monoisotopic (exact) mass is 203 g/mol. The summed E-state index contributed by atoms with van der Waals surface area (Å²) in [6, 6.07) is 0. The van der Waals surface area contributed by atoms with Crippen LogP contribution in [-0.4, -0.2) is 11.7 Å². The summed E-state index contributed by atoms with van der Waals surface area (Å²) >= 11 is 3.16. The third kappa shape index (κ3) is 2.37. The van der Waals surface area contributed by atoms with Gasteiger partial charge < -0.3 is 10.8 Å². The maximum absolute atomic E-state index is 8.90. The second-order valence-corrected chi connectivity index (χ2v) is 2.54. The van der Waals surface area contributed by atoms with E-state index in [1.165, 1.54) is 0 Å². The van der Waals surface area contributed by atoms with Crippen molar-refractivity contribution in [3.05, 3.63) is 35.0 Å². The number of aliphatic hydroxyl groups is 1. The Bertz CT molecular complexity index is 184. The van der Waals surface area contributed by atoms with E-state index in [1.807, 2.05) is 0 Å². The summed E-state index contributed by atoms with van der Waals surface area (Å²) in [5, 5.41) is 8.90. The Morgan fingerprint density at radius 1 is 1.70 bits per heavy atom. The van der Waals surface area contributed by atoms with Crippen LogP contribution in [0.2, 0.25) is 0 Å². The van der Waals surface area contributed by atoms with Gasteiger partial charge in [-0.15, -0.1) is 0 Å². The summed E-state index contributed by atoms with van der Waals surface area (Å²) in [5.74, 6) is -0.0192. The average molecular weight is 204 g/mol. The summed E-state index contributed by atoms with van der Waals surface area (Å²) < 4.78 is 0.683. The standard InChI is InChI=1S/C7H10BrNO/c1-3-7(8)6(4-9)5(2)10/h3,10H,1-2,4,9H2/b7-6+. The first-order valence-electron chi connectivity index (χ1n) is 2.72. The number of hydrogen-bond acceptors (Lipinski definition) is 2. The molecule has 0 saturated carbocycles. The SMILES string of the molecule is C=C/C(Br)=C(/CN)C(=C)O. The smallest absolute Gasteiger partial charge is 0.114 e. The number of nitrogens with two attached hydrogens (primary N) is 1. The average Bonchev–Trinajstić information content (AvgIpc) is 1.88. The second-order valence-electron chi connectivity index (χ2n) is 1.68. The molecule has 0 radical (unpaired) electrons. The lowest BCUT2D eigenvalue weighted by atomic mass is 10.2. The van der Waals surface area contributed by atoms with Gasteiger partial charge in [-0.25, -0.2) is 0 Å². The molecule has 0 heterocycles. The van der Waals surface area contributed by atoms with E-state index in [0.717, 1.165) is 0 Å². The number of aliphatic hydroxyl groups excluding tert-OH is 1. The Morgan fingerprint density at radius 3 is 2.30 bits per heavy atom. The van der Waals surface area contributed by atoms with E-state index in [1.54, 1.807) is 6.08 Å². The molecule has 0 fully saturated rings. The molecule has 0 aromatic heterocycles. The van der Waals surface area contributed by atoms with E-state index in [4.69, 9.17) is 10.8 Å². The highest BCUT2D eigenvalue weighted by Crippen LogP contribution is 2.16. The molecule has 0 atom stereocenters. The highest BCUT2D eigenvalue weighted by atomic mass is 79.9. The van der Waals surface area contributed by atoms with Gasteiger partial charge in [0.05, 0.1) is 0 Å². The fourth-order valence-corrected chi connectivity index (χ4v) is 0.867. The third-order valence-corrected chi connectivity index (χ3v) is 1.82. The Hall–Kier alpha value is -0.540. The van der Waals surface area contributed by atoms with Crippen molar-refractivity contribution >= 4 is 15.9 Å². The van der Waals surface area contributed by atoms with E-state index >= 15 is 0 Å². The van der Waals surface area contributed by atoms with E-state index < -0.39 is 0 Å². The van der Waals surface area contributed by atoms with Crippen LogP contribution >= 0.6 is 15.9 Å². The number of rotatable bonds is 3. The van der Waals surface area contributed by atoms with Gasteiger partial charge in [0.2, 0.25) is 0 Å².